The van der Waals surface area contributed by atoms with Crippen LogP contribution in [-0.2, 0) is 22.6 Å². The van der Waals surface area contributed by atoms with Gasteiger partial charge < -0.3 is 14.5 Å². The second kappa shape index (κ2) is 7.46. The van der Waals surface area contributed by atoms with Gasteiger partial charge in [-0.3, -0.25) is 14.9 Å². The predicted molar refractivity (Wildman–Crippen MR) is 131 cm³/mol. The standard InChI is InChI=1S/C27H26N4O2/c1-30(2)15-16-11-12-31-21-10-6-4-8-18(21)23(22(31)13-16)25-24(26(32)29-27(25)33)19-14-28-20-9-5-3-7-17(19)20/h3-10,14,16,28H,11-13,15H2,1-2H3,(H,29,32,33). The summed E-state index contributed by atoms with van der Waals surface area (Å²) in [7, 11) is 4.21. The van der Waals surface area contributed by atoms with Gasteiger partial charge in [-0.15, -0.1) is 0 Å². The predicted octanol–water partition coefficient (Wildman–Crippen LogP) is 3.81. The van der Waals surface area contributed by atoms with E-state index in [1.807, 2.05) is 42.6 Å². The molecule has 0 spiro atoms. The second-order valence-corrected chi connectivity index (χ2v) is 9.39. The maximum absolute atomic E-state index is 13.3. The number of rotatable bonds is 4. The van der Waals surface area contributed by atoms with Gasteiger partial charge >= 0.3 is 0 Å². The molecule has 166 valence electrons. The van der Waals surface area contributed by atoms with Crippen LogP contribution in [0.2, 0.25) is 0 Å². The molecular weight excluding hydrogens is 412 g/mol. The van der Waals surface area contributed by atoms with E-state index < -0.39 is 0 Å². The smallest absolute Gasteiger partial charge is 0.259 e. The number of aromatic amines is 1. The summed E-state index contributed by atoms with van der Waals surface area (Å²) in [6, 6.07) is 16.1. The third kappa shape index (κ3) is 3.05. The van der Waals surface area contributed by atoms with Crippen LogP contribution in [0.5, 0.6) is 0 Å². The highest BCUT2D eigenvalue weighted by Crippen LogP contribution is 2.42. The fourth-order valence-electron chi connectivity index (χ4n) is 5.69. The highest BCUT2D eigenvalue weighted by Gasteiger charge is 2.38. The van der Waals surface area contributed by atoms with Crippen molar-refractivity contribution in [2.75, 3.05) is 20.6 Å². The lowest BCUT2D eigenvalue weighted by Crippen LogP contribution is -2.29. The lowest BCUT2D eigenvalue weighted by molar-refractivity contribution is -0.122. The van der Waals surface area contributed by atoms with E-state index in [9.17, 15) is 9.59 Å². The number of hydrogen-bond donors (Lipinski definition) is 2. The number of nitrogens with one attached hydrogen (secondary N) is 2. The van der Waals surface area contributed by atoms with Gasteiger partial charge in [0, 0.05) is 57.9 Å². The maximum atomic E-state index is 13.3. The number of hydrogen-bond acceptors (Lipinski definition) is 3. The van der Waals surface area contributed by atoms with E-state index in [-0.39, 0.29) is 11.8 Å². The molecule has 6 rings (SSSR count). The summed E-state index contributed by atoms with van der Waals surface area (Å²) in [5.74, 6) is -0.133. The van der Waals surface area contributed by atoms with E-state index in [0.29, 0.717) is 17.1 Å². The zero-order chi connectivity index (χ0) is 22.7. The number of para-hydroxylation sites is 2. The number of carbonyl (C=O) groups is 2. The average molecular weight is 439 g/mol. The fourth-order valence-corrected chi connectivity index (χ4v) is 5.69. The van der Waals surface area contributed by atoms with Crippen LogP contribution in [0.25, 0.3) is 33.0 Å². The lowest BCUT2D eigenvalue weighted by Gasteiger charge is -2.28. The number of aryl methyl sites for hydroxylation is 1. The molecule has 0 bridgehead atoms. The molecule has 4 heterocycles. The molecule has 2 aliphatic heterocycles. The number of imide groups is 1. The van der Waals surface area contributed by atoms with E-state index in [1.165, 1.54) is 0 Å². The molecule has 2 N–H and O–H groups in total. The zero-order valence-electron chi connectivity index (χ0n) is 18.8. The first kappa shape index (κ1) is 20.0. The van der Waals surface area contributed by atoms with Crippen LogP contribution in [0, 0.1) is 5.92 Å². The first-order chi connectivity index (χ1) is 16.0. The van der Waals surface area contributed by atoms with Crippen molar-refractivity contribution in [3.05, 3.63) is 71.5 Å². The van der Waals surface area contributed by atoms with Crippen molar-refractivity contribution in [1.82, 2.24) is 19.8 Å². The average Bonchev–Trinajstić information content (AvgIpc) is 3.44. The molecule has 2 amide bonds. The summed E-state index contributed by atoms with van der Waals surface area (Å²) in [5.41, 5.74) is 5.88. The number of H-pyrrole nitrogens is 1. The van der Waals surface area contributed by atoms with Gasteiger partial charge in [-0.25, -0.2) is 0 Å². The van der Waals surface area contributed by atoms with Gasteiger partial charge in [-0.1, -0.05) is 36.4 Å². The Morgan fingerprint density at radius 1 is 0.970 bits per heavy atom. The molecule has 0 fully saturated rings. The Hall–Kier alpha value is -3.64. The minimum atomic E-state index is -0.329. The van der Waals surface area contributed by atoms with Crippen LogP contribution < -0.4 is 5.32 Å². The number of carbonyl (C=O) groups excluding carboxylic acids is 2. The van der Waals surface area contributed by atoms with Crippen molar-refractivity contribution in [2.45, 2.75) is 19.4 Å². The van der Waals surface area contributed by atoms with Gasteiger partial charge in [0.05, 0.1) is 11.1 Å². The summed E-state index contributed by atoms with van der Waals surface area (Å²) < 4.78 is 2.35. The molecule has 33 heavy (non-hydrogen) atoms. The maximum Gasteiger partial charge on any atom is 0.259 e. The first-order valence-electron chi connectivity index (χ1n) is 11.4. The molecule has 2 aromatic heterocycles. The normalized spacial score (nSPS) is 18.6. The summed E-state index contributed by atoms with van der Waals surface area (Å²) in [4.78, 5) is 31.9. The van der Waals surface area contributed by atoms with Crippen LogP contribution in [0.4, 0.5) is 0 Å². The molecule has 2 aromatic carbocycles. The highest BCUT2D eigenvalue weighted by molar-refractivity contribution is 6.51. The molecule has 1 atom stereocenters. The molecule has 0 aliphatic carbocycles. The molecule has 6 heteroatoms. The SMILES string of the molecule is CN(C)CC1CCn2c(c(C3=C(c4c[nH]c5ccccc45)C(=O)NC3=O)c3ccccc32)C1. The topological polar surface area (TPSA) is 70.1 Å². The molecular formula is C27H26N4O2. The van der Waals surface area contributed by atoms with Crippen molar-refractivity contribution in [3.8, 4) is 0 Å². The molecule has 2 aliphatic rings. The number of nitrogens with zero attached hydrogens (tertiary/aromatic N) is 2. The molecule has 0 radical (unpaired) electrons. The van der Waals surface area contributed by atoms with Crippen molar-refractivity contribution < 1.29 is 9.59 Å². The third-order valence-electron chi connectivity index (χ3n) is 6.98. The largest absolute Gasteiger partial charge is 0.361 e. The van der Waals surface area contributed by atoms with Gasteiger partial charge in [0.25, 0.3) is 11.8 Å². The Kier molecular flexibility index (Phi) is 4.52. The van der Waals surface area contributed by atoms with E-state index >= 15 is 0 Å². The van der Waals surface area contributed by atoms with Crippen molar-refractivity contribution in [2.24, 2.45) is 5.92 Å². The summed E-state index contributed by atoms with van der Waals surface area (Å²) >= 11 is 0. The Morgan fingerprint density at radius 2 is 1.70 bits per heavy atom. The van der Waals surface area contributed by atoms with Crippen LogP contribution in [0.3, 0.4) is 0 Å². The van der Waals surface area contributed by atoms with E-state index in [2.05, 4.69) is 46.0 Å². The molecule has 4 aromatic rings. The minimum absolute atomic E-state index is 0.311. The Labute approximate surface area is 191 Å². The summed E-state index contributed by atoms with van der Waals surface area (Å²) in [6.07, 6.45) is 3.83. The van der Waals surface area contributed by atoms with Gasteiger partial charge in [0.1, 0.15) is 0 Å². The minimum Gasteiger partial charge on any atom is -0.361 e. The zero-order valence-corrected chi connectivity index (χ0v) is 18.8. The van der Waals surface area contributed by atoms with E-state index in [0.717, 1.165) is 64.6 Å². The van der Waals surface area contributed by atoms with Crippen molar-refractivity contribution >= 4 is 44.8 Å². The van der Waals surface area contributed by atoms with Crippen molar-refractivity contribution in [3.63, 3.8) is 0 Å². The monoisotopic (exact) mass is 438 g/mol. The third-order valence-corrected chi connectivity index (χ3v) is 6.98. The quantitative estimate of drug-likeness (QED) is 0.476. The van der Waals surface area contributed by atoms with Gasteiger partial charge in [-0.2, -0.15) is 0 Å². The highest BCUT2D eigenvalue weighted by atomic mass is 16.2. The Balaban J connectivity index is 1.64. The van der Waals surface area contributed by atoms with Gasteiger partial charge in [-0.05, 0) is 45.0 Å². The van der Waals surface area contributed by atoms with Crippen molar-refractivity contribution in [1.29, 1.82) is 0 Å². The molecule has 1 unspecified atom stereocenters. The molecule has 6 nitrogen and oxygen atoms in total. The van der Waals surface area contributed by atoms with Gasteiger partial charge in [0.15, 0.2) is 0 Å². The number of fused-ring (bicyclic) bond motifs is 4. The van der Waals surface area contributed by atoms with E-state index in [4.69, 9.17) is 0 Å². The Bertz CT molecular complexity index is 1470. The second-order valence-electron chi connectivity index (χ2n) is 9.39. The van der Waals surface area contributed by atoms with Crippen LogP contribution in [-0.4, -0.2) is 46.9 Å². The number of benzene rings is 2. The first-order valence-corrected chi connectivity index (χ1v) is 11.4. The number of amides is 2. The van der Waals surface area contributed by atoms with Crippen LogP contribution >= 0.6 is 0 Å². The molecule has 0 saturated carbocycles. The van der Waals surface area contributed by atoms with E-state index in [1.54, 1.807) is 0 Å². The summed E-state index contributed by atoms with van der Waals surface area (Å²) in [6.45, 7) is 1.92. The Morgan fingerprint density at radius 3 is 2.52 bits per heavy atom. The van der Waals surface area contributed by atoms with Crippen LogP contribution in [0.1, 0.15) is 23.2 Å². The summed E-state index contributed by atoms with van der Waals surface area (Å²) in [5, 5.41) is 4.57. The molecule has 0 saturated heterocycles. The fraction of sp³-hybridized carbons (Fsp3) is 0.259. The number of aromatic nitrogens is 2. The van der Waals surface area contributed by atoms with Gasteiger partial charge in [0.2, 0.25) is 0 Å². The lowest BCUT2D eigenvalue weighted by atomic mass is 9.89. The van der Waals surface area contributed by atoms with Crippen LogP contribution in [0.15, 0.2) is 54.7 Å².